The molecule has 2 heterocycles. The van der Waals surface area contributed by atoms with Crippen molar-refractivity contribution >= 4 is 0 Å². The number of alkyl halides is 6. The first-order valence-corrected chi connectivity index (χ1v) is 8.25. The van der Waals surface area contributed by atoms with E-state index in [0.29, 0.717) is 0 Å². The van der Waals surface area contributed by atoms with E-state index in [2.05, 4.69) is 5.10 Å². The number of ether oxygens (including phenoxy) is 2. The summed E-state index contributed by atoms with van der Waals surface area (Å²) in [5.41, 5.74) is -2.59. The third kappa shape index (κ3) is 2.40. The summed E-state index contributed by atoms with van der Waals surface area (Å²) >= 11 is 0. The molecule has 1 aromatic heterocycles. The van der Waals surface area contributed by atoms with Crippen molar-refractivity contribution in [3.63, 3.8) is 0 Å². The first kappa shape index (κ1) is 18.1. The van der Waals surface area contributed by atoms with Gasteiger partial charge in [0.15, 0.2) is 11.9 Å². The van der Waals surface area contributed by atoms with E-state index < -0.39 is 66.0 Å². The first-order valence-electron chi connectivity index (χ1n) is 8.25. The molecule has 1 aromatic rings. The Hall–Kier alpha value is -1.33. The van der Waals surface area contributed by atoms with Crippen molar-refractivity contribution in [2.75, 3.05) is 13.2 Å². The molecule has 146 valence electrons. The van der Waals surface area contributed by atoms with Crippen molar-refractivity contribution in [2.45, 2.75) is 61.9 Å². The standard InChI is InChI=1S/C15H16F6N2O3/c16-7-2-1-6(5-8(7)17)23-10-9(13(22-23)15(19,20)21)14(12(18)11(10)24)25-3-4-26-14/h6-8,11-12,24H,1-5H2/t6-,7-,8+,11+,12+/m0/s1. The summed E-state index contributed by atoms with van der Waals surface area (Å²) in [4.78, 5) is 0. The van der Waals surface area contributed by atoms with Gasteiger partial charge in [0.1, 0.15) is 18.4 Å². The highest BCUT2D eigenvalue weighted by Crippen LogP contribution is 2.55. The van der Waals surface area contributed by atoms with Crippen LogP contribution in [0, 0.1) is 0 Å². The third-order valence-electron chi connectivity index (χ3n) is 5.21. The fraction of sp³-hybridized carbons (Fsp3) is 0.800. The summed E-state index contributed by atoms with van der Waals surface area (Å²) in [5.74, 6) is -2.38. The van der Waals surface area contributed by atoms with Crippen molar-refractivity contribution < 1.29 is 40.9 Å². The van der Waals surface area contributed by atoms with Crippen molar-refractivity contribution in [2.24, 2.45) is 0 Å². The van der Waals surface area contributed by atoms with Crippen LogP contribution in [0.5, 0.6) is 0 Å². The number of aliphatic hydroxyl groups excluding tert-OH is 1. The number of fused-ring (bicyclic) bond motifs is 2. The van der Waals surface area contributed by atoms with Crippen LogP contribution in [-0.2, 0) is 21.4 Å². The zero-order valence-corrected chi connectivity index (χ0v) is 13.3. The summed E-state index contributed by atoms with van der Waals surface area (Å²) in [5, 5.41) is 13.8. The molecule has 0 bridgehead atoms. The number of halogens is 6. The molecule has 1 aliphatic heterocycles. The van der Waals surface area contributed by atoms with E-state index in [0.717, 1.165) is 4.68 Å². The normalized spacial score (nSPS) is 36.7. The maximum Gasteiger partial charge on any atom is 0.435 e. The third-order valence-corrected chi connectivity index (χ3v) is 5.21. The van der Waals surface area contributed by atoms with Gasteiger partial charge in [-0.1, -0.05) is 0 Å². The molecule has 1 spiro atoms. The van der Waals surface area contributed by atoms with Gasteiger partial charge in [-0.05, 0) is 12.8 Å². The number of hydrogen-bond acceptors (Lipinski definition) is 4. The van der Waals surface area contributed by atoms with Crippen LogP contribution in [0.4, 0.5) is 26.3 Å². The van der Waals surface area contributed by atoms with Gasteiger partial charge in [0.25, 0.3) is 0 Å². The molecule has 2 fully saturated rings. The number of nitrogens with zero attached hydrogens (tertiary/aromatic N) is 2. The molecule has 11 heteroatoms. The lowest BCUT2D eigenvalue weighted by molar-refractivity contribution is -0.222. The zero-order chi connectivity index (χ0) is 18.9. The smallest absolute Gasteiger partial charge is 0.383 e. The molecule has 5 nitrogen and oxygen atoms in total. The quantitative estimate of drug-likeness (QED) is 0.755. The number of aliphatic hydroxyl groups is 1. The predicted octanol–water partition coefficient (Wildman–Crippen LogP) is 2.89. The van der Waals surface area contributed by atoms with Crippen molar-refractivity contribution in [3.05, 3.63) is 17.0 Å². The molecule has 0 amide bonds. The van der Waals surface area contributed by atoms with Gasteiger partial charge in [0.2, 0.25) is 5.79 Å². The monoisotopic (exact) mass is 386 g/mol. The SMILES string of the molecule is O[C@@H]1c2c(c(C(F)(F)F)nn2[C@H]2CC[C@H](F)[C@H](F)C2)C2(OCCO2)[C@@H]1F. The van der Waals surface area contributed by atoms with Gasteiger partial charge >= 0.3 is 6.18 Å². The maximum atomic E-state index is 14.7. The Morgan fingerprint density at radius 2 is 1.73 bits per heavy atom. The van der Waals surface area contributed by atoms with Crippen molar-refractivity contribution in [1.82, 2.24) is 9.78 Å². The van der Waals surface area contributed by atoms with Crippen LogP contribution < -0.4 is 0 Å². The van der Waals surface area contributed by atoms with Gasteiger partial charge in [-0.3, -0.25) is 4.68 Å². The second-order valence-electron chi connectivity index (χ2n) is 6.76. The summed E-state index contributed by atoms with van der Waals surface area (Å²) < 4.78 is 93.5. The van der Waals surface area contributed by atoms with E-state index >= 15 is 0 Å². The van der Waals surface area contributed by atoms with E-state index in [9.17, 15) is 31.4 Å². The number of hydrogen-bond donors (Lipinski definition) is 1. The minimum atomic E-state index is -4.96. The van der Waals surface area contributed by atoms with Crippen molar-refractivity contribution in [1.29, 1.82) is 0 Å². The van der Waals surface area contributed by atoms with E-state index in [4.69, 9.17) is 9.47 Å². The summed E-state index contributed by atoms with van der Waals surface area (Å²) in [7, 11) is 0. The van der Waals surface area contributed by atoms with Gasteiger partial charge in [-0.15, -0.1) is 0 Å². The first-order chi connectivity index (χ1) is 12.2. The Kier molecular flexibility index (Phi) is 4.05. The minimum Gasteiger partial charge on any atom is -0.383 e. The average Bonchev–Trinajstić information content (AvgIpc) is 3.24. The fourth-order valence-electron chi connectivity index (χ4n) is 4.05. The van der Waals surface area contributed by atoms with Crippen LogP contribution in [0.2, 0.25) is 0 Å². The van der Waals surface area contributed by atoms with Crippen molar-refractivity contribution in [3.8, 4) is 0 Å². The Labute approximate surface area is 143 Å². The molecule has 2 aliphatic carbocycles. The molecular weight excluding hydrogens is 370 g/mol. The largest absolute Gasteiger partial charge is 0.435 e. The molecule has 4 rings (SSSR count). The molecule has 26 heavy (non-hydrogen) atoms. The Morgan fingerprint density at radius 1 is 1.08 bits per heavy atom. The van der Waals surface area contributed by atoms with Crippen LogP contribution >= 0.6 is 0 Å². The topological polar surface area (TPSA) is 56.5 Å². The van der Waals surface area contributed by atoms with Crippen LogP contribution in [0.1, 0.15) is 48.4 Å². The number of aromatic nitrogens is 2. The minimum absolute atomic E-state index is 0.0192. The lowest BCUT2D eigenvalue weighted by atomic mass is 9.92. The lowest BCUT2D eigenvalue weighted by Crippen LogP contribution is -2.37. The summed E-state index contributed by atoms with van der Waals surface area (Å²) in [6.07, 6.45) is -13.4. The molecular formula is C15H16F6N2O3. The molecule has 5 atom stereocenters. The van der Waals surface area contributed by atoms with Crippen LogP contribution in [-0.4, -0.2) is 46.6 Å². The molecule has 1 saturated heterocycles. The fourth-order valence-corrected chi connectivity index (χ4v) is 4.05. The molecule has 0 radical (unpaired) electrons. The maximum absolute atomic E-state index is 14.7. The second kappa shape index (κ2) is 5.83. The van der Waals surface area contributed by atoms with E-state index in [1.807, 2.05) is 0 Å². The Morgan fingerprint density at radius 3 is 2.31 bits per heavy atom. The summed E-state index contributed by atoms with van der Waals surface area (Å²) in [6, 6.07) is -0.930. The van der Waals surface area contributed by atoms with Crippen LogP contribution in [0.3, 0.4) is 0 Å². The summed E-state index contributed by atoms with van der Waals surface area (Å²) in [6.45, 7) is -0.289. The zero-order valence-electron chi connectivity index (χ0n) is 13.3. The highest BCUT2D eigenvalue weighted by atomic mass is 19.4. The van der Waals surface area contributed by atoms with Gasteiger partial charge < -0.3 is 14.6 Å². The van der Waals surface area contributed by atoms with Gasteiger partial charge in [0, 0.05) is 6.42 Å². The second-order valence-corrected chi connectivity index (χ2v) is 6.76. The van der Waals surface area contributed by atoms with E-state index in [-0.39, 0.29) is 26.1 Å². The van der Waals surface area contributed by atoms with Gasteiger partial charge in [0.05, 0.1) is 30.5 Å². The lowest BCUT2D eigenvalue weighted by Gasteiger charge is -2.29. The Bertz CT molecular complexity index is 702. The molecule has 1 saturated carbocycles. The van der Waals surface area contributed by atoms with Gasteiger partial charge in [-0.2, -0.15) is 18.3 Å². The van der Waals surface area contributed by atoms with Crippen LogP contribution in [0.15, 0.2) is 0 Å². The van der Waals surface area contributed by atoms with E-state index in [1.54, 1.807) is 0 Å². The molecule has 0 aromatic carbocycles. The van der Waals surface area contributed by atoms with Crippen LogP contribution in [0.25, 0.3) is 0 Å². The average molecular weight is 386 g/mol. The predicted molar refractivity (Wildman–Crippen MR) is 73.3 cm³/mol. The molecule has 1 N–H and O–H groups in total. The molecule has 0 unspecified atom stereocenters. The van der Waals surface area contributed by atoms with Gasteiger partial charge in [-0.25, -0.2) is 13.2 Å². The van der Waals surface area contributed by atoms with E-state index in [1.165, 1.54) is 0 Å². The highest BCUT2D eigenvalue weighted by Gasteiger charge is 2.64. The number of rotatable bonds is 1. The highest BCUT2D eigenvalue weighted by molar-refractivity contribution is 5.42. The molecule has 3 aliphatic rings. The Balaban J connectivity index is 1.86.